The van der Waals surface area contributed by atoms with E-state index < -0.39 is 0 Å². The van der Waals surface area contributed by atoms with E-state index in [4.69, 9.17) is 0 Å². The Morgan fingerprint density at radius 2 is 1.32 bits per heavy atom. The third kappa shape index (κ3) is 3.18. The Bertz CT molecular complexity index is 529. The smallest absolute Gasteiger partial charge is 0.129 e. The van der Waals surface area contributed by atoms with E-state index in [0.717, 1.165) is 10.5 Å². The standard InChI is InChI=1S/C20H27OS/c1-11-9-16(20(6,7)8)19(17(21)10-11)22-18-14(4)12(2)13(3)15(18)5/h9-10,21H,1-8H3. The van der Waals surface area contributed by atoms with Crippen LogP contribution in [0, 0.1) is 35.8 Å². The Labute approximate surface area is 140 Å². The second-order valence-corrected chi connectivity index (χ2v) is 8.36. The van der Waals surface area contributed by atoms with Crippen LogP contribution in [0.3, 0.4) is 0 Å². The van der Waals surface area contributed by atoms with Crippen LogP contribution < -0.4 is 0 Å². The zero-order valence-electron chi connectivity index (χ0n) is 15.0. The molecule has 0 aliphatic heterocycles. The first kappa shape index (κ1) is 17.7. The summed E-state index contributed by atoms with van der Waals surface area (Å²) in [6.07, 6.45) is 0. The Balaban J connectivity index is 2.42. The van der Waals surface area contributed by atoms with E-state index in [1.165, 1.54) is 34.5 Å². The van der Waals surface area contributed by atoms with Crippen molar-refractivity contribution in [3.05, 3.63) is 52.2 Å². The second-order valence-electron chi connectivity index (χ2n) is 7.34. The van der Waals surface area contributed by atoms with Gasteiger partial charge in [-0.3, -0.25) is 0 Å². The van der Waals surface area contributed by atoms with Crippen LogP contribution in [0.2, 0.25) is 0 Å². The van der Waals surface area contributed by atoms with Gasteiger partial charge < -0.3 is 5.11 Å². The lowest BCUT2D eigenvalue weighted by molar-refractivity contribution is 0.453. The maximum Gasteiger partial charge on any atom is 0.129 e. The van der Waals surface area contributed by atoms with Crippen molar-refractivity contribution < 1.29 is 5.11 Å². The number of phenolic OH excluding ortho intramolecular Hbond substituents is 1. The molecule has 0 bridgehead atoms. The number of rotatable bonds is 2. The highest BCUT2D eigenvalue weighted by Gasteiger charge is 2.45. The van der Waals surface area contributed by atoms with Crippen molar-refractivity contribution in [3.63, 3.8) is 0 Å². The molecule has 1 N–H and O–H groups in total. The minimum Gasteiger partial charge on any atom is -0.507 e. The summed E-state index contributed by atoms with van der Waals surface area (Å²) in [5.41, 5.74) is 2.32. The van der Waals surface area contributed by atoms with Crippen LogP contribution in [0.15, 0.2) is 17.0 Å². The van der Waals surface area contributed by atoms with E-state index in [0.29, 0.717) is 5.75 Å². The van der Waals surface area contributed by atoms with Crippen molar-refractivity contribution >= 4 is 11.8 Å². The molecule has 1 aliphatic rings. The first-order valence-corrected chi connectivity index (χ1v) is 8.60. The van der Waals surface area contributed by atoms with Crippen molar-refractivity contribution in [3.8, 4) is 5.75 Å². The van der Waals surface area contributed by atoms with E-state index in [1.807, 2.05) is 13.0 Å². The summed E-state index contributed by atoms with van der Waals surface area (Å²) in [5.74, 6) is 5.79. The van der Waals surface area contributed by atoms with Crippen LogP contribution in [0.25, 0.3) is 0 Å². The first-order valence-electron chi connectivity index (χ1n) is 7.79. The predicted octanol–water partition coefficient (Wildman–Crippen LogP) is 6.01. The molecule has 1 aliphatic carbocycles. The quantitative estimate of drug-likeness (QED) is 0.720. The molecule has 0 spiro atoms. The minimum atomic E-state index is 0.00429. The van der Waals surface area contributed by atoms with Gasteiger partial charge in [-0.1, -0.05) is 54.5 Å². The van der Waals surface area contributed by atoms with Crippen molar-refractivity contribution in [1.82, 2.24) is 0 Å². The summed E-state index contributed by atoms with van der Waals surface area (Å²) >= 11 is 1.71. The van der Waals surface area contributed by atoms with Gasteiger partial charge >= 0.3 is 0 Å². The normalized spacial score (nSPS) is 20.2. The topological polar surface area (TPSA) is 20.2 Å². The fraction of sp³-hybridized carbons (Fsp3) is 0.450. The molecule has 2 heteroatoms. The maximum atomic E-state index is 10.5. The fourth-order valence-corrected chi connectivity index (χ4v) is 4.31. The minimum absolute atomic E-state index is 0.00429. The van der Waals surface area contributed by atoms with Gasteiger partial charge in [0.2, 0.25) is 0 Å². The molecule has 1 aromatic carbocycles. The van der Waals surface area contributed by atoms with E-state index in [1.54, 1.807) is 11.8 Å². The molecule has 0 aromatic heterocycles. The number of hydrogen-bond donors (Lipinski definition) is 1. The number of benzene rings is 1. The number of aryl methyl sites for hydroxylation is 1. The SMILES string of the molecule is C[C]1[C](C)[C](C)[C](Sc2c(O)cc(C)cc2C(C)(C)C)[C]1C. The number of aromatic hydroxyl groups is 1. The molecule has 119 valence electrons. The average Bonchev–Trinajstić information content (AvgIpc) is 2.57. The highest BCUT2D eigenvalue weighted by atomic mass is 32.2. The number of thioether (sulfide) groups is 1. The molecular formula is C20H27OS. The molecule has 1 nitrogen and oxygen atoms in total. The molecule has 22 heavy (non-hydrogen) atoms. The summed E-state index contributed by atoms with van der Waals surface area (Å²) in [5, 5.41) is 11.8. The summed E-state index contributed by atoms with van der Waals surface area (Å²) in [6.45, 7) is 17.4. The van der Waals surface area contributed by atoms with Crippen molar-refractivity contribution in [1.29, 1.82) is 0 Å². The Hall–Kier alpha value is -0.630. The van der Waals surface area contributed by atoms with Gasteiger partial charge in [0.15, 0.2) is 0 Å². The van der Waals surface area contributed by atoms with Gasteiger partial charge in [-0.2, -0.15) is 0 Å². The van der Waals surface area contributed by atoms with E-state index in [9.17, 15) is 5.11 Å². The van der Waals surface area contributed by atoms with Crippen LogP contribution in [0.1, 0.15) is 59.6 Å². The zero-order chi connectivity index (χ0) is 16.8. The van der Waals surface area contributed by atoms with Gasteiger partial charge in [0.25, 0.3) is 0 Å². The highest BCUT2D eigenvalue weighted by Crippen LogP contribution is 2.60. The van der Waals surface area contributed by atoms with Crippen molar-refractivity contribution in [2.45, 2.75) is 65.7 Å². The third-order valence-electron chi connectivity index (χ3n) is 4.59. The molecule has 0 amide bonds. The summed E-state index contributed by atoms with van der Waals surface area (Å²) in [6, 6.07) is 4.07. The van der Waals surface area contributed by atoms with Crippen molar-refractivity contribution in [2.24, 2.45) is 0 Å². The van der Waals surface area contributed by atoms with Crippen LogP contribution in [-0.4, -0.2) is 5.11 Å². The molecule has 0 heterocycles. The van der Waals surface area contributed by atoms with E-state index in [-0.39, 0.29) is 5.41 Å². The molecule has 0 saturated heterocycles. The Morgan fingerprint density at radius 1 is 0.818 bits per heavy atom. The number of hydrogen-bond acceptors (Lipinski definition) is 2. The second kappa shape index (κ2) is 6.11. The van der Waals surface area contributed by atoms with Gasteiger partial charge in [-0.25, -0.2) is 0 Å². The lowest BCUT2D eigenvalue weighted by Crippen LogP contribution is -2.14. The van der Waals surface area contributed by atoms with Gasteiger partial charge in [0.1, 0.15) is 5.75 Å². The van der Waals surface area contributed by atoms with Crippen LogP contribution >= 0.6 is 11.8 Å². The van der Waals surface area contributed by atoms with E-state index >= 15 is 0 Å². The Morgan fingerprint density at radius 3 is 1.77 bits per heavy atom. The maximum absolute atomic E-state index is 10.5. The summed E-state index contributed by atoms with van der Waals surface area (Å²) in [7, 11) is 0. The molecular weight excluding hydrogens is 288 g/mol. The molecule has 5 radical (unpaired) electrons. The summed E-state index contributed by atoms with van der Waals surface area (Å²) in [4.78, 5) is 0.995. The molecule has 0 unspecified atom stereocenters. The van der Waals surface area contributed by atoms with E-state index in [2.05, 4.69) is 54.5 Å². The van der Waals surface area contributed by atoms with Crippen LogP contribution in [0.4, 0.5) is 0 Å². The largest absolute Gasteiger partial charge is 0.507 e. The van der Waals surface area contributed by atoms with Gasteiger partial charge in [-0.05, 0) is 53.2 Å². The van der Waals surface area contributed by atoms with Gasteiger partial charge in [0, 0.05) is 5.25 Å². The Kier molecular flexibility index (Phi) is 4.92. The van der Waals surface area contributed by atoms with Gasteiger partial charge in [-0.15, -0.1) is 11.8 Å². The van der Waals surface area contributed by atoms with Crippen LogP contribution in [0.5, 0.6) is 5.75 Å². The lowest BCUT2D eigenvalue weighted by atomic mass is 9.86. The molecule has 1 fully saturated rings. The molecule has 2 rings (SSSR count). The predicted molar refractivity (Wildman–Crippen MR) is 96.3 cm³/mol. The molecule has 1 saturated carbocycles. The molecule has 0 atom stereocenters. The zero-order valence-corrected chi connectivity index (χ0v) is 15.8. The van der Waals surface area contributed by atoms with Gasteiger partial charge in [0.05, 0.1) is 4.90 Å². The highest BCUT2D eigenvalue weighted by molar-refractivity contribution is 8.02. The van der Waals surface area contributed by atoms with Crippen LogP contribution in [-0.2, 0) is 5.41 Å². The number of phenols is 1. The average molecular weight is 316 g/mol. The lowest BCUT2D eigenvalue weighted by Gasteiger charge is -2.27. The molecule has 1 aromatic rings. The summed E-state index contributed by atoms with van der Waals surface area (Å²) < 4.78 is 0. The third-order valence-corrected chi connectivity index (χ3v) is 6.04. The first-order chi connectivity index (χ1) is 10.0. The monoisotopic (exact) mass is 315 g/mol. The van der Waals surface area contributed by atoms with Crippen molar-refractivity contribution in [2.75, 3.05) is 0 Å². The fourth-order valence-electron chi connectivity index (χ4n) is 2.86.